The van der Waals surface area contributed by atoms with E-state index in [4.69, 9.17) is 10.2 Å². The van der Waals surface area contributed by atoms with Crippen molar-refractivity contribution < 1.29 is 20.1 Å². The quantitative estimate of drug-likeness (QED) is 0.140. The third kappa shape index (κ3) is 8.57. The van der Waals surface area contributed by atoms with E-state index in [0.717, 1.165) is 29.7 Å². The van der Waals surface area contributed by atoms with Crippen molar-refractivity contribution in [1.29, 1.82) is 0 Å². The van der Waals surface area contributed by atoms with Gasteiger partial charge in [-0.25, -0.2) is 0 Å². The van der Waals surface area contributed by atoms with E-state index in [1.54, 1.807) is 6.92 Å². The van der Waals surface area contributed by atoms with E-state index >= 15 is 0 Å². The van der Waals surface area contributed by atoms with Crippen LogP contribution in [0, 0.1) is 40.9 Å². The second-order valence-electron chi connectivity index (χ2n) is 12.1. The van der Waals surface area contributed by atoms with Crippen molar-refractivity contribution in [3.63, 3.8) is 0 Å². The van der Waals surface area contributed by atoms with Gasteiger partial charge in [0.25, 0.3) is 0 Å². The molecule has 5 nitrogen and oxygen atoms in total. The average molecular weight is 512 g/mol. The summed E-state index contributed by atoms with van der Waals surface area (Å²) in [5, 5.41) is 28.9. The number of allylic oxidation sites excluding steroid dienone is 3. The van der Waals surface area contributed by atoms with Gasteiger partial charge in [0.1, 0.15) is 0 Å². The average Bonchev–Trinajstić information content (AvgIpc) is 2.85. The Hall–Kier alpha value is -1.87. The Labute approximate surface area is 224 Å². The predicted octanol–water partition coefficient (Wildman–Crippen LogP) is 5.03. The van der Waals surface area contributed by atoms with Crippen molar-refractivity contribution in [1.82, 2.24) is 4.90 Å². The molecule has 0 aromatic rings. The standard InChI is InChI=1S/C32H49NO4/c1-24(10-7-5-4-6-8-11-26(3)31(37)33(14-16-34)15-17-35)30(36)25(2)12-9-13-32-21-27-18-28(22-32)20-29(19-27)23-32/h7,10-12,24,27-30,34-36H,6,8-9,13-23H2,1-3H3/b10-7+,25-12+,26-11+/t24-,27?,28?,29?,30-,32?/m1/s1. The zero-order chi connectivity index (χ0) is 26.8. The molecule has 3 N–H and O–H groups in total. The Kier molecular flexibility index (Phi) is 11.5. The van der Waals surface area contributed by atoms with E-state index in [9.17, 15) is 9.90 Å². The highest BCUT2D eigenvalue weighted by molar-refractivity contribution is 5.92. The highest BCUT2D eigenvalue weighted by atomic mass is 16.3. The van der Waals surface area contributed by atoms with Crippen LogP contribution < -0.4 is 0 Å². The van der Waals surface area contributed by atoms with Gasteiger partial charge in [-0.3, -0.25) is 4.79 Å². The molecule has 4 aliphatic carbocycles. The molecule has 37 heavy (non-hydrogen) atoms. The van der Waals surface area contributed by atoms with Crippen molar-refractivity contribution >= 4 is 5.91 Å². The lowest BCUT2D eigenvalue weighted by atomic mass is 9.48. The second kappa shape index (κ2) is 14.3. The third-order valence-electron chi connectivity index (χ3n) is 8.94. The topological polar surface area (TPSA) is 81.0 Å². The van der Waals surface area contributed by atoms with E-state index in [-0.39, 0.29) is 38.1 Å². The van der Waals surface area contributed by atoms with Gasteiger partial charge < -0.3 is 20.2 Å². The number of hydrogen-bond donors (Lipinski definition) is 3. The van der Waals surface area contributed by atoms with Gasteiger partial charge in [-0.15, -0.1) is 0 Å². The first-order valence-electron chi connectivity index (χ1n) is 14.4. The molecular formula is C32H49NO4. The van der Waals surface area contributed by atoms with Gasteiger partial charge in [0.15, 0.2) is 0 Å². The summed E-state index contributed by atoms with van der Waals surface area (Å²) in [6.07, 6.45) is 19.9. The van der Waals surface area contributed by atoms with Gasteiger partial charge in [0, 0.05) is 31.0 Å². The summed E-state index contributed by atoms with van der Waals surface area (Å²) in [5.41, 5.74) is 2.26. The van der Waals surface area contributed by atoms with Crippen molar-refractivity contribution in [2.45, 2.75) is 91.1 Å². The minimum atomic E-state index is -0.480. The molecule has 0 aliphatic heterocycles. The molecule has 0 saturated heterocycles. The van der Waals surface area contributed by atoms with Gasteiger partial charge in [-0.1, -0.05) is 37.0 Å². The molecule has 5 heteroatoms. The number of carbonyl (C=O) groups excluding carboxylic acids is 1. The fourth-order valence-corrected chi connectivity index (χ4v) is 7.43. The Morgan fingerprint density at radius 3 is 2.16 bits per heavy atom. The summed E-state index contributed by atoms with van der Waals surface area (Å²) in [5.74, 6) is 8.97. The summed E-state index contributed by atoms with van der Waals surface area (Å²) in [4.78, 5) is 13.8. The number of aliphatic hydroxyl groups is 3. The molecule has 0 radical (unpaired) electrons. The summed E-state index contributed by atoms with van der Waals surface area (Å²) in [6.45, 7) is 6.02. The maximum atomic E-state index is 12.4. The summed E-state index contributed by atoms with van der Waals surface area (Å²) >= 11 is 0. The van der Waals surface area contributed by atoms with Crippen molar-refractivity contribution in [2.24, 2.45) is 29.1 Å². The fraction of sp³-hybridized carbons (Fsp3) is 0.719. The first kappa shape index (κ1) is 29.7. The Bertz CT molecular complexity index is 864. The van der Waals surface area contributed by atoms with Gasteiger partial charge in [-0.05, 0) is 106 Å². The molecule has 0 aromatic heterocycles. The van der Waals surface area contributed by atoms with Crippen LogP contribution in [0.25, 0.3) is 0 Å². The Morgan fingerprint density at radius 2 is 1.59 bits per heavy atom. The Balaban J connectivity index is 1.38. The lowest BCUT2D eigenvalue weighted by Gasteiger charge is -2.57. The molecule has 206 valence electrons. The van der Waals surface area contributed by atoms with Crippen LogP contribution in [0.15, 0.2) is 35.5 Å². The molecule has 4 rings (SSSR count). The molecule has 0 unspecified atom stereocenters. The molecule has 4 bridgehead atoms. The van der Waals surface area contributed by atoms with Gasteiger partial charge in [0.05, 0.1) is 19.3 Å². The van der Waals surface area contributed by atoms with E-state index in [2.05, 4.69) is 24.8 Å². The number of nitrogens with zero attached hydrogens (tertiary/aromatic N) is 1. The molecule has 1 amide bonds. The molecule has 4 aliphatic rings. The molecule has 0 heterocycles. The first-order valence-corrected chi connectivity index (χ1v) is 14.4. The molecule has 4 fully saturated rings. The van der Waals surface area contributed by atoms with E-state index in [1.807, 2.05) is 25.2 Å². The number of unbranched alkanes of at least 4 members (excludes halogenated alkanes) is 1. The number of carbonyl (C=O) groups is 1. The van der Waals surface area contributed by atoms with Crippen LogP contribution in [0.1, 0.15) is 85.0 Å². The monoisotopic (exact) mass is 511 g/mol. The normalized spacial score (nSPS) is 28.8. The third-order valence-corrected chi connectivity index (χ3v) is 8.94. The van der Waals surface area contributed by atoms with Crippen LogP contribution in [0.5, 0.6) is 0 Å². The van der Waals surface area contributed by atoms with Crippen LogP contribution in [-0.4, -0.2) is 58.5 Å². The zero-order valence-electron chi connectivity index (χ0n) is 23.3. The van der Waals surface area contributed by atoms with E-state index in [1.165, 1.54) is 49.8 Å². The lowest BCUT2D eigenvalue weighted by Crippen LogP contribution is -2.45. The molecular weight excluding hydrogens is 462 g/mol. The number of rotatable bonds is 13. The highest BCUT2D eigenvalue weighted by Gasteiger charge is 2.50. The van der Waals surface area contributed by atoms with Crippen molar-refractivity contribution in [3.05, 3.63) is 35.5 Å². The highest BCUT2D eigenvalue weighted by Crippen LogP contribution is 2.61. The molecule has 2 atom stereocenters. The van der Waals surface area contributed by atoms with Crippen molar-refractivity contribution in [3.8, 4) is 11.8 Å². The first-order chi connectivity index (χ1) is 17.8. The lowest BCUT2D eigenvalue weighted by molar-refractivity contribution is -0.128. The summed E-state index contributed by atoms with van der Waals surface area (Å²) in [7, 11) is 0. The Morgan fingerprint density at radius 1 is 1.00 bits per heavy atom. The summed E-state index contributed by atoms with van der Waals surface area (Å²) in [6, 6.07) is 0. The predicted molar refractivity (Wildman–Crippen MR) is 149 cm³/mol. The molecule has 0 aromatic carbocycles. The fourth-order valence-electron chi connectivity index (χ4n) is 7.43. The summed E-state index contributed by atoms with van der Waals surface area (Å²) < 4.78 is 0. The van der Waals surface area contributed by atoms with Crippen LogP contribution in [0.3, 0.4) is 0 Å². The molecule has 0 spiro atoms. The minimum Gasteiger partial charge on any atom is -0.395 e. The van der Waals surface area contributed by atoms with Crippen LogP contribution in [0.4, 0.5) is 0 Å². The van der Waals surface area contributed by atoms with Gasteiger partial charge in [0.2, 0.25) is 5.91 Å². The van der Waals surface area contributed by atoms with Crippen molar-refractivity contribution in [2.75, 3.05) is 26.3 Å². The van der Waals surface area contributed by atoms with Crippen LogP contribution >= 0.6 is 0 Å². The van der Waals surface area contributed by atoms with E-state index < -0.39 is 6.10 Å². The van der Waals surface area contributed by atoms with Gasteiger partial charge >= 0.3 is 0 Å². The van der Waals surface area contributed by atoms with E-state index in [0.29, 0.717) is 23.8 Å². The van der Waals surface area contributed by atoms with Crippen LogP contribution in [-0.2, 0) is 4.79 Å². The minimum absolute atomic E-state index is 0.00823. The maximum absolute atomic E-state index is 12.4. The van der Waals surface area contributed by atoms with Crippen LogP contribution in [0.2, 0.25) is 0 Å². The van der Waals surface area contributed by atoms with Gasteiger partial charge in [-0.2, -0.15) is 0 Å². The largest absolute Gasteiger partial charge is 0.395 e. The zero-order valence-corrected chi connectivity index (χ0v) is 23.3. The maximum Gasteiger partial charge on any atom is 0.249 e. The number of aliphatic hydroxyl groups excluding tert-OH is 3. The smallest absolute Gasteiger partial charge is 0.249 e. The second-order valence-corrected chi connectivity index (χ2v) is 12.1. The number of amides is 1. The molecule has 4 saturated carbocycles. The SMILES string of the molecule is C/C(=C\CCC#C/C=C/[C@@H](C)[C@@H](O)/C(C)=C/CCC12CC3CC(CC(C3)C1)C2)C(=O)N(CCO)CCO. The number of hydrogen-bond acceptors (Lipinski definition) is 4.